The van der Waals surface area contributed by atoms with E-state index in [1.807, 2.05) is 36.9 Å². The summed E-state index contributed by atoms with van der Waals surface area (Å²) in [6, 6.07) is 11.8. The number of halogens is 1. The molecule has 1 fully saturated rings. The zero-order valence-corrected chi connectivity index (χ0v) is 17.9. The summed E-state index contributed by atoms with van der Waals surface area (Å²) in [7, 11) is 0. The highest BCUT2D eigenvalue weighted by Crippen LogP contribution is 2.38. The van der Waals surface area contributed by atoms with Crippen molar-refractivity contribution < 1.29 is 14.0 Å². The molecule has 2 aromatic carbocycles. The van der Waals surface area contributed by atoms with Crippen LogP contribution in [0.3, 0.4) is 0 Å². The maximum atomic E-state index is 14.6. The molecule has 0 aromatic heterocycles. The smallest absolute Gasteiger partial charge is 0.282 e. The van der Waals surface area contributed by atoms with Crippen LogP contribution in [0, 0.1) is 31.5 Å². The molecule has 30 heavy (non-hydrogen) atoms. The predicted octanol–water partition coefficient (Wildman–Crippen LogP) is 4.70. The second-order valence-electron chi connectivity index (χ2n) is 8.79. The fraction of sp³-hybridized carbons (Fsp3) is 0.360. The molecule has 0 bridgehead atoms. The van der Waals surface area contributed by atoms with Crippen LogP contribution in [0.4, 0.5) is 10.1 Å². The highest BCUT2D eigenvalue weighted by Gasteiger charge is 2.44. The van der Waals surface area contributed by atoms with E-state index in [0.717, 1.165) is 28.0 Å². The Morgan fingerprint density at radius 2 is 1.60 bits per heavy atom. The molecule has 2 aromatic rings. The van der Waals surface area contributed by atoms with Crippen molar-refractivity contribution in [2.24, 2.45) is 11.8 Å². The molecule has 0 N–H and O–H groups in total. The highest BCUT2D eigenvalue weighted by atomic mass is 19.1. The van der Waals surface area contributed by atoms with Gasteiger partial charge in [0.15, 0.2) is 0 Å². The number of piperidine rings is 1. The van der Waals surface area contributed by atoms with Crippen molar-refractivity contribution in [2.75, 3.05) is 18.0 Å². The number of amides is 2. The van der Waals surface area contributed by atoms with E-state index >= 15 is 0 Å². The van der Waals surface area contributed by atoms with Crippen LogP contribution in [-0.4, -0.2) is 29.8 Å². The molecule has 5 heteroatoms. The SMILES string of the molecule is Cc1ccc(C2=C(N3CC(C)CC(C)C3)C(=O)N(c3ccccc3F)C2=O)c(C)c1. The third-order valence-corrected chi connectivity index (χ3v) is 5.99. The van der Waals surface area contributed by atoms with E-state index in [4.69, 9.17) is 0 Å². The van der Waals surface area contributed by atoms with E-state index in [2.05, 4.69) is 13.8 Å². The number of anilines is 1. The first kappa shape index (κ1) is 20.3. The van der Waals surface area contributed by atoms with Gasteiger partial charge in [-0.25, -0.2) is 9.29 Å². The van der Waals surface area contributed by atoms with Crippen molar-refractivity contribution in [3.05, 3.63) is 70.7 Å². The van der Waals surface area contributed by atoms with Gasteiger partial charge in [0.2, 0.25) is 0 Å². The standard InChI is InChI=1S/C25H27FN2O2/c1-15-9-10-19(18(4)12-15)22-23(27-13-16(2)11-17(3)14-27)25(30)28(24(22)29)21-8-6-5-7-20(21)26/h5-10,12,16-17H,11,13-14H2,1-4H3. The van der Waals surface area contributed by atoms with Crippen molar-refractivity contribution in [1.29, 1.82) is 0 Å². The van der Waals surface area contributed by atoms with E-state index < -0.39 is 17.6 Å². The maximum Gasteiger partial charge on any atom is 0.282 e. The summed E-state index contributed by atoms with van der Waals surface area (Å²) in [5.41, 5.74) is 3.52. The molecule has 2 unspecified atom stereocenters. The maximum absolute atomic E-state index is 14.6. The van der Waals surface area contributed by atoms with Crippen LogP contribution in [0.1, 0.15) is 37.0 Å². The molecular formula is C25H27FN2O2. The number of hydrogen-bond donors (Lipinski definition) is 0. The molecule has 0 saturated carbocycles. The van der Waals surface area contributed by atoms with E-state index in [1.54, 1.807) is 12.1 Å². The average Bonchev–Trinajstić information content (AvgIpc) is 2.92. The van der Waals surface area contributed by atoms with E-state index in [-0.39, 0.29) is 5.69 Å². The average molecular weight is 407 g/mol. The molecule has 4 nitrogen and oxygen atoms in total. The number of hydrogen-bond acceptors (Lipinski definition) is 3. The summed E-state index contributed by atoms with van der Waals surface area (Å²) in [5, 5.41) is 0. The van der Waals surface area contributed by atoms with E-state index in [0.29, 0.717) is 36.2 Å². The Kier molecular flexibility index (Phi) is 5.22. The van der Waals surface area contributed by atoms with Crippen molar-refractivity contribution in [3.63, 3.8) is 0 Å². The molecule has 0 aliphatic carbocycles. The number of imide groups is 1. The summed E-state index contributed by atoms with van der Waals surface area (Å²) in [5.74, 6) is -0.667. The van der Waals surface area contributed by atoms with Crippen LogP contribution in [0.2, 0.25) is 0 Å². The van der Waals surface area contributed by atoms with Gasteiger partial charge in [-0.15, -0.1) is 0 Å². The molecule has 2 aliphatic rings. The van der Waals surface area contributed by atoms with Crippen molar-refractivity contribution in [2.45, 2.75) is 34.1 Å². The first-order chi connectivity index (χ1) is 14.3. The van der Waals surface area contributed by atoms with Crippen molar-refractivity contribution in [3.8, 4) is 0 Å². The van der Waals surface area contributed by atoms with Crippen LogP contribution < -0.4 is 4.90 Å². The lowest BCUT2D eigenvalue weighted by atomic mass is 9.90. The lowest BCUT2D eigenvalue weighted by molar-refractivity contribution is -0.121. The monoisotopic (exact) mass is 406 g/mol. The quantitative estimate of drug-likeness (QED) is 0.694. The fourth-order valence-corrected chi connectivity index (χ4v) is 4.85. The van der Waals surface area contributed by atoms with Gasteiger partial charge in [-0.3, -0.25) is 9.59 Å². The largest absolute Gasteiger partial charge is 0.366 e. The van der Waals surface area contributed by atoms with Crippen LogP contribution >= 0.6 is 0 Å². The number of rotatable bonds is 3. The lowest BCUT2D eigenvalue weighted by Gasteiger charge is -2.37. The third-order valence-electron chi connectivity index (χ3n) is 5.99. The van der Waals surface area contributed by atoms with E-state index in [1.165, 1.54) is 12.1 Å². The van der Waals surface area contributed by atoms with Crippen LogP contribution in [0.5, 0.6) is 0 Å². The summed E-state index contributed by atoms with van der Waals surface area (Å²) in [4.78, 5) is 30.2. The van der Waals surface area contributed by atoms with Crippen LogP contribution in [-0.2, 0) is 9.59 Å². The Morgan fingerprint density at radius 1 is 0.933 bits per heavy atom. The van der Waals surface area contributed by atoms with Gasteiger partial charge in [-0.2, -0.15) is 0 Å². The van der Waals surface area contributed by atoms with Gasteiger partial charge < -0.3 is 4.90 Å². The molecule has 2 aliphatic heterocycles. The van der Waals surface area contributed by atoms with Gasteiger partial charge in [-0.1, -0.05) is 49.7 Å². The molecule has 0 radical (unpaired) electrons. The van der Waals surface area contributed by atoms with E-state index in [9.17, 15) is 14.0 Å². The summed E-state index contributed by atoms with van der Waals surface area (Å²) in [6.45, 7) is 9.67. The first-order valence-electron chi connectivity index (χ1n) is 10.5. The zero-order chi connectivity index (χ0) is 21.6. The second kappa shape index (κ2) is 7.71. The topological polar surface area (TPSA) is 40.6 Å². The Bertz CT molecular complexity index is 1050. The Balaban J connectivity index is 1.89. The number of para-hydroxylation sites is 1. The second-order valence-corrected chi connectivity index (χ2v) is 8.79. The van der Waals surface area contributed by atoms with Crippen LogP contribution in [0.15, 0.2) is 48.2 Å². The van der Waals surface area contributed by atoms with Crippen molar-refractivity contribution in [1.82, 2.24) is 4.90 Å². The predicted molar refractivity (Wildman–Crippen MR) is 116 cm³/mol. The zero-order valence-electron chi connectivity index (χ0n) is 17.9. The molecule has 1 saturated heterocycles. The number of carbonyl (C=O) groups is 2. The van der Waals surface area contributed by atoms with Crippen LogP contribution in [0.25, 0.3) is 5.57 Å². The Hall–Kier alpha value is -2.95. The Labute approximate surface area is 177 Å². The first-order valence-corrected chi connectivity index (χ1v) is 10.5. The lowest BCUT2D eigenvalue weighted by Crippen LogP contribution is -2.42. The molecule has 2 atom stereocenters. The molecule has 156 valence electrons. The minimum atomic E-state index is -0.583. The number of likely N-dealkylation sites (tertiary alicyclic amines) is 1. The third kappa shape index (κ3) is 3.42. The number of nitrogens with zero attached hydrogens (tertiary/aromatic N) is 2. The van der Waals surface area contributed by atoms with Gasteiger partial charge in [-0.05, 0) is 55.4 Å². The highest BCUT2D eigenvalue weighted by molar-refractivity contribution is 6.45. The minimum absolute atomic E-state index is 0.00266. The van der Waals surface area contributed by atoms with Gasteiger partial charge in [0, 0.05) is 13.1 Å². The summed E-state index contributed by atoms with van der Waals surface area (Å²) >= 11 is 0. The van der Waals surface area contributed by atoms with Gasteiger partial charge in [0.25, 0.3) is 11.8 Å². The Morgan fingerprint density at radius 3 is 2.23 bits per heavy atom. The molecule has 2 heterocycles. The molecule has 2 amide bonds. The molecule has 4 rings (SSSR count). The van der Waals surface area contributed by atoms with Crippen molar-refractivity contribution >= 4 is 23.1 Å². The number of aryl methyl sites for hydroxylation is 2. The van der Waals surface area contributed by atoms with Gasteiger partial charge in [0.05, 0.1) is 11.3 Å². The normalized spacial score (nSPS) is 22.3. The summed E-state index contributed by atoms with van der Waals surface area (Å²) < 4.78 is 14.6. The van der Waals surface area contributed by atoms with Gasteiger partial charge >= 0.3 is 0 Å². The number of benzene rings is 2. The molecular weight excluding hydrogens is 379 g/mol. The number of carbonyl (C=O) groups excluding carboxylic acids is 2. The fourth-order valence-electron chi connectivity index (χ4n) is 4.85. The summed E-state index contributed by atoms with van der Waals surface area (Å²) in [6.07, 6.45) is 1.09. The molecule has 0 spiro atoms. The minimum Gasteiger partial charge on any atom is -0.366 e. The van der Waals surface area contributed by atoms with Gasteiger partial charge in [0.1, 0.15) is 11.5 Å².